The fraction of sp³-hybridized carbons (Fsp3) is 0.462. The summed E-state index contributed by atoms with van der Waals surface area (Å²) in [4.78, 5) is 32.3. The topological polar surface area (TPSA) is 65.1 Å². The Balaban J connectivity index is 1.36. The van der Waals surface area contributed by atoms with Gasteiger partial charge < -0.3 is 19.9 Å². The second-order valence-electron chi connectivity index (χ2n) is 8.62. The zero-order valence-electron chi connectivity index (χ0n) is 19.4. The molecule has 0 unspecified atom stereocenters. The van der Waals surface area contributed by atoms with Crippen LogP contribution >= 0.6 is 0 Å². The van der Waals surface area contributed by atoms with Gasteiger partial charge in [-0.2, -0.15) is 0 Å². The first-order chi connectivity index (χ1) is 16.1. The molecule has 2 aliphatic heterocycles. The van der Waals surface area contributed by atoms with Gasteiger partial charge in [0.15, 0.2) is 0 Å². The highest BCUT2D eigenvalue weighted by atomic mass is 16.5. The summed E-state index contributed by atoms with van der Waals surface area (Å²) in [6.07, 6.45) is 1.14. The molecule has 2 aromatic rings. The first-order valence-electron chi connectivity index (χ1n) is 12.0. The molecular formula is C26H34N4O3. The lowest BCUT2D eigenvalue weighted by molar-refractivity contribution is -0.139. The SMILES string of the molecule is CCOc1ccc(CN2CCNC(=O)[C@H]2CC(=O)N2CCCN(c3ccccc3)CC2)cc1. The predicted octanol–water partition coefficient (Wildman–Crippen LogP) is 2.51. The lowest BCUT2D eigenvalue weighted by Gasteiger charge is -2.35. The molecule has 1 N–H and O–H groups in total. The molecule has 0 radical (unpaired) electrons. The van der Waals surface area contributed by atoms with Crippen molar-refractivity contribution in [3.8, 4) is 5.75 Å². The Bertz CT molecular complexity index is 919. The van der Waals surface area contributed by atoms with Crippen molar-refractivity contribution in [2.75, 3.05) is 50.8 Å². The highest BCUT2D eigenvalue weighted by molar-refractivity contribution is 5.89. The summed E-state index contributed by atoms with van der Waals surface area (Å²) in [7, 11) is 0. The average molecular weight is 451 g/mol. The van der Waals surface area contributed by atoms with Crippen molar-refractivity contribution in [3.63, 3.8) is 0 Å². The van der Waals surface area contributed by atoms with E-state index < -0.39 is 6.04 Å². The lowest BCUT2D eigenvalue weighted by Crippen LogP contribution is -2.56. The summed E-state index contributed by atoms with van der Waals surface area (Å²) in [6.45, 7) is 7.73. The number of piperazine rings is 1. The van der Waals surface area contributed by atoms with Crippen molar-refractivity contribution in [1.29, 1.82) is 0 Å². The van der Waals surface area contributed by atoms with E-state index in [2.05, 4.69) is 27.2 Å². The number of anilines is 1. The Morgan fingerprint density at radius 1 is 1.00 bits per heavy atom. The molecule has 7 nitrogen and oxygen atoms in total. The summed E-state index contributed by atoms with van der Waals surface area (Å²) in [5, 5.41) is 2.94. The number of amides is 2. The molecule has 0 aliphatic carbocycles. The van der Waals surface area contributed by atoms with Gasteiger partial charge in [-0.15, -0.1) is 0 Å². The molecule has 2 saturated heterocycles. The van der Waals surface area contributed by atoms with Crippen LogP contribution in [0, 0.1) is 0 Å². The van der Waals surface area contributed by atoms with Crippen molar-refractivity contribution in [3.05, 3.63) is 60.2 Å². The van der Waals surface area contributed by atoms with Crippen molar-refractivity contribution >= 4 is 17.5 Å². The van der Waals surface area contributed by atoms with Crippen molar-refractivity contribution in [2.45, 2.75) is 32.4 Å². The van der Waals surface area contributed by atoms with Crippen LogP contribution in [0.25, 0.3) is 0 Å². The largest absolute Gasteiger partial charge is 0.494 e. The molecule has 2 heterocycles. The van der Waals surface area contributed by atoms with E-state index in [1.54, 1.807) is 0 Å². The highest BCUT2D eigenvalue weighted by Crippen LogP contribution is 2.20. The minimum atomic E-state index is -0.439. The Morgan fingerprint density at radius 3 is 2.55 bits per heavy atom. The van der Waals surface area contributed by atoms with Crippen LogP contribution in [-0.4, -0.2) is 73.5 Å². The first kappa shape index (κ1) is 23.1. The van der Waals surface area contributed by atoms with E-state index in [9.17, 15) is 9.59 Å². The fourth-order valence-electron chi connectivity index (χ4n) is 4.62. The summed E-state index contributed by atoms with van der Waals surface area (Å²) in [5.41, 5.74) is 2.30. The van der Waals surface area contributed by atoms with Crippen LogP contribution in [0.3, 0.4) is 0 Å². The maximum Gasteiger partial charge on any atom is 0.237 e. The third-order valence-electron chi connectivity index (χ3n) is 6.40. The Hall–Kier alpha value is -3.06. The molecule has 1 atom stereocenters. The molecule has 33 heavy (non-hydrogen) atoms. The molecule has 4 rings (SSSR count). The lowest BCUT2D eigenvalue weighted by atomic mass is 10.1. The minimum absolute atomic E-state index is 0.0544. The Kier molecular flexibility index (Phi) is 7.83. The number of para-hydroxylation sites is 1. The van der Waals surface area contributed by atoms with E-state index in [4.69, 9.17) is 4.74 Å². The normalized spacial score (nSPS) is 19.7. The number of hydrogen-bond donors (Lipinski definition) is 1. The van der Waals surface area contributed by atoms with E-state index in [1.807, 2.05) is 54.3 Å². The molecule has 0 saturated carbocycles. The second kappa shape index (κ2) is 11.2. The van der Waals surface area contributed by atoms with Gasteiger partial charge in [0.2, 0.25) is 11.8 Å². The van der Waals surface area contributed by atoms with Crippen LogP contribution < -0.4 is 15.0 Å². The van der Waals surface area contributed by atoms with Gasteiger partial charge in [0.25, 0.3) is 0 Å². The minimum Gasteiger partial charge on any atom is -0.494 e. The van der Waals surface area contributed by atoms with Crippen LogP contribution in [0.5, 0.6) is 5.75 Å². The van der Waals surface area contributed by atoms with E-state index in [1.165, 1.54) is 5.69 Å². The Morgan fingerprint density at radius 2 is 1.79 bits per heavy atom. The van der Waals surface area contributed by atoms with Crippen molar-refractivity contribution in [1.82, 2.24) is 15.1 Å². The molecule has 0 spiro atoms. The molecule has 2 fully saturated rings. The maximum atomic E-state index is 13.2. The quantitative estimate of drug-likeness (QED) is 0.702. The predicted molar refractivity (Wildman–Crippen MR) is 129 cm³/mol. The van der Waals surface area contributed by atoms with Crippen molar-refractivity contribution in [2.24, 2.45) is 0 Å². The fourth-order valence-corrected chi connectivity index (χ4v) is 4.62. The number of carbonyl (C=O) groups excluding carboxylic acids is 2. The van der Waals surface area contributed by atoms with Crippen LogP contribution in [0.1, 0.15) is 25.3 Å². The highest BCUT2D eigenvalue weighted by Gasteiger charge is 2.33. The standard InChI is InChI=1S/C26H34N4O3/c1-2-33-23-11-9-21(10-12-23)20-30-16-13-27-26(32)24(30)19-25(31)29-15-6-14-28(17-18-29)22-7-4-3-5-8-22/h3-5,7-12,24H,2,6,13-20H2,1H3,(H,27,32)/t24-/m1/s1. The molecular weight excluding hydrogens is 416 g/mol. The molecule has 0 aromatic heterocycles. The van der Waals surface area contributed by atoms with E-state index in [0.717, 1.165) is 43.9 Å². The van der Waals surface area contributed by atoms with E-state index >= 15 is 0 Å². The molecule has 2 aliphatic rings. The third kappa shape index (κ3) is 6.05. The van der Waals surface area contributed by atoms with Crippen LogP contribution in [0.4, 0.5) is 5.69 Å². The van der Waals surface area contributed by atoms with E-state index in [-0.39, 0.29) is 18.2 Å². The third-order valence-corrected chi connectivity index (χ3v) is 6.40. The van der Waals surface area contributed by atoms with Gasteiger partial charge in [0.05, 0.1) is 19.1 Å². The number of hydrogen-bond acceptors (Lipinski definition) is 5. The molecule has 176 valence electrons. The smallest absolute Gasteiger partial charge is 0.237 e. The first-order valence-corrected chi connectivity index (χ1v) is 12.0. The zero-order chi connectivity index (χ0) is 23.0. The van der Waals surface area contributed by atoms with Crippen molar-refractivity contribution < 1.29 is 14.3 Å². The number of rotatable bonds is 7. The number of carbonyl (C=O) groups is 2. The number of ether oxygens (including phenoxy) is 1. The maximum absolute atomic E-state index is 13.2. The summed E-state index contributed by atoms with van der Waals surface area (Å²) in [5.74, 6) is 0.847. The van der Waals surface area contributed by atoms with Gasteiger partial charge in [-0.05, 0) is 43.2 Å². The van der Waals surface area contributed by atoms with Gasteiger partial charge in [-0.1, -0.05) is 30.3 Å². The summed E-state index contributed by atoms with van der Waals surface area (Å²) in [6, 6.07) is 17.9. The van der Waals surface area contributed by atoms with Gasteiger partial charge in [-0.3, -0.25) is 14.5 Å². The zero-order valence-corrected chi connectivity index (χ0v) is 19.4. The van der Waals surface area contributed by atoms with Gasteiger partial charge in [0, 0.05) is 51.5 Å². The molecule has 0 bridgehead atoms. The number of nitrogens with one attached hydrogen (secondary N) is 1. The molecule has 7 heteroatoms. The number of nitrogens with zero attached hydrogens (tertiary/aromatic N) is 3. The van der Waals surface area contributed by atoms with E-state index in [0.29, 0.717) is 26.2 Å². The summed E-state index contributed by atoms with van der Waals surface area (Å²) < 4.78 is 5.52. The number of benzene rings is 2. The van der Waals surface area contributed by atoms with Gasteiger partial charge in [-0.25, -0.2) is 0 Å². The van der Waals surface area contributed by atoms with Crippen LogP contribution in [0.15, 0.2) is 54.6 Å². The Labute approximate surface area is 196 Å². The van der Waals surface area contributed by atoms with Crippen LogP contribution in [-0.2, 0) is 16.1 Å². The molecule has 2 aromatic carbocycles. The monoisotopic (exact) mass is 450 g/mol. The second-order valence-corrected chi connectivity index (χ2v) is 8.62. The van der Waals surface area contributed by atoms with Gasteiger partial charge in [0.1, 0.15) is 5.75 Å². The average Bonchev–Trinajstić information content (AvgIpc) is 3.10. The summed E-state index contributed by atoms with van der Waals surface area (Å²) >= 11 is 0. The van der Waals surface area contributed by atoms with Gasteiger partial charge >= 0.3 is 0 Å². The van der Waals surface area contributed by atoms with Crippen LogP contribution in [0.2, 0.25) is 0 Å². The molecule has 2 amide bonds.